The van der Waals surface area contributed by atoms with E-state index in [4.69, 9.17) is 5.73 Å². The number of pyridine rings is 1. The van der Waals surface area contributed by atoms with Gasteiger partial charge >= 0.3 is 0 Å². The Morgan fingerprint density at radius 1 is 1.40 bits per heavy atom. The van der Waals surface area contributed by atoms with Crippen molar-refractivity contribution in [2.75, 3.05) is 0 Å². The molecule has 2 heterocycles. The highest BCUT2D eigenvalue weighted by Gasteiger charge is 2.11. The van der Waals surface area contributed by atoms with Crippen molar-refractivity contribution < 1.29 is 0 Å². The Bertz CT molecular complexity index is 464. The fourth-order valence-electron chi connectivity index (χ4n) is 1.24. The van der Waals surface area contributed by atoms with Crippen molar-refractivity contribution in [3.63, 3.8) is 0 Å². The summed E-state index contributed by atoms with van der Waals surface area (Å²) in [6.45, 7) is 3.86. The van der Waals surface area contributed by atoms with Crippen LogP contribution in [0.3, 0.4) is 0 Å². The summed E-state index contributed by atoms with van der Waals surface area (Å²) >= 11 is 1.52. The molecule has 5 heteroatoms. The minimum atomic E-state index is -0.0618. The SMILES string of the molecule is Cc1ncccc1-c1nnc(C(C)N)s1. The van der Waals surface area contributed by atoms with E-state index in [1.807, 2.05) is 26.0 Å². The van der Waals surface area contributed by atoms with Crippen LogP contribution in [0.1, 0.15) is 23.7 Å². The average molecular weight is 220 g/mol. The zero-order chi connectivity index (χ0) is 10.8. The summed E-state index contributed by atoms with van der Waals surface area (Å²) in [6, 6.07) is 3.83. The largest absolute Gasteiger partial charge is 0.322 e. The lowest BCUT2D eigenvalue weighted by atomic mass is 10.2. The molecule has 0 bridgehead atoms. The third-order valence-electron chi connectivity index (χ3n) is 2.07. The summed E-state index contributed by atoms with van der Waals surface area (Å²) in [5.74, 6) is 0. The van der Waals surface area contributed by atoms with Crippen LogP contribution in [0, 0.1) is 6.92 Å². The second-order valence-corrected chi connectivity index (χ2v) is 4.38. The van der Waals surface area contributed by atoms with Gasteiger partial charge in [-0.3, -0.25) is 4.98 Å². The molecule has 0 aliphatic rings. The van der Waals surface area contributed by atoms with Gasteiger partial charge in [-0.15, -0.1) is 10.2 Å². The van der Waals surface area contributed by atoms with Crippen molar-refractivity contribution in [2.45, 2.75) is 19.9 Å². The Hall–Kier alpha value is -1.33. The van der Waals surface area contributed by atoms with Gasteiger partial charge in [0.15, 0.2) is 0 Å². The first-order chi connectivity index (χ1) is 7.18. The molecule has 0 radical (unpaired) electrons. The molecule has 2 aromatic rings. The maximum atomic E-state index is 5.74. The van der Waals surface area contributed by atoms with Gasteiger partial charge in [0.1, 0.15) is 10.0 Å². The van der Waals surface area contributed by atoms with Crippen molar-refractivity contribution in [2.24, 2.45) is 5.73 Å². The molecule has 0 aliphatic carbocycles. The summed E-state index contributed by atoms with van der Waals surface area (Å²) in [4.78, 5) is 4.22. The van der Waals surface area contributed by atoms with E-state index in [0.717, 1.165) is 21.3 Å². The minimum Gasteiger partial charge on any atom is -0.322 e. The average Bonchev–Trinajstić information content (AvgIpc) is 2.67. The fourth-order valence-corrected chi connectivity index (χ4v) is 2.11. The Morgan fingerprint density at radius 2 is 2.20 bits per heavy atom. The van der Waals surface area contributed by atoms with Crippen LogP contribution in [0.4, 0.5) is 0 Å². The van der Waals surface area contributed by atoms with Crippen molar-refractivity contribution in [1.82, 2.24) is 15.2 Å². The van der Waals surface area contributed by atoms with Crippen LogP contribution in [-0.4, -0.2) is 15.2 Å². The normalized spacial score (nSPS) is 12.7. The Morgan fingerprint density at radius 3 is 2.80 bits per heavy atom. The lowest BCUT2D eigenvalue weighted by molar-refractivity contribution is 0.786. The maximum Gasteiger partial charge on any atom is 0.149 e. The topological polar surface area (TPSA) is 64.7 Å². The fraction of sp³-hybridized carbons (Fsp3) is 0.300. The molecular formula is C10H12N4S. The van der Waals surface area contributed by atoms with E-state index in [1.54, 1.807) is 6.20 Å². The van der Waals surface area contributed by atoms with Crippen molar-refractivity contribution in [3.8, 4) is 10.6 Å². The second kappa shape index (κ2) is 4.04. The highest BCUT2D eigenvalue weighted by Crippen LogP contribution is 2.27. The number of hydrogen-bond acceptors (Lipinski definition) is 5. The van der Waals surface area contributed by atoms with Gasteiger partial charge in [-0.05, 0) is 26.0 Å². The predicted molar refractivity (Wildman–Crippen MR) is 60.5 cm³/mol. The summed E-state index contributed by atoms with van der Waals surface area (Å²) in [5, 5.41) is 9.90. The van der Waals surface area contributed by atoms with Gasteiger partial charge in [0, 0.05) is 17.5 Å². The molecule has 0 spiro atoms. The molecule has 2 rings (SSSR count). The van der Waals surface area contributed by atoms with Crippen molar-refractivity contribution >= 4 is 11.3 Å². The van der Waals surface area contributed by atoms with Crippen molar-refractivity contribution in [3.05, 3.63) is 29.0 Å². The standard InChI is InChI=1S/C10H12N4S/c1-6(11)9-13-14-10(15-9)8-4-3-5-12-7(8)2/h3-6H,11H2,1-2H3. The van der Waals surface area contributed by atoms with E-state index in [9.17, 15) is 0 Å². The molecule has 0 fully saturated rings. The monoisotopic (exact) mass is 220 g/mol. The molecule has 15 heavy (non-hydrogen) atoms. The van der Waals surface area contributed by atoms with Gasteiger partial charge in [-0.25, -0.2) is 0 Å². The summed E-state index contributed by atoms with van der Waals surface area (Å²) in [5.41, 5.74) is 7.73. The van der Waals surface area contributed by atoms with Gasteiger partial charge in [0.2, 0.25) is 0 Å². The Labute approximate surface area is 92.2 Å². The first-order valence-corrected chi connectivity index (χ1v) is 5.51. The van der Waals surface area contributed by atoms with Crippen LogP contribution in [0.2, 0.25) is 0 Å². The van der Waals surface area contributed by atoms with E-state index < -0.39 is 0 Å². The van der Waals surface area contributed by atoms with Gasteiger partial charge in [0.25, 0.3) is 0 Å². The van der Waals surface area contributed by atoms with Crippen LogP contribution in [0.15, 0.2) is 18.3 Å². The molecule has 0 aromatic carbocycles. The summed E-state index contributed by atoms with van der Waals surface area (Å²) in [6.07, 6.45) is 1.77. The van der Waals surface area contributed by atoms with Crippen LogP contribution >= 0.6 is 11.3 Å². The van der Waals surface area contributed by atoms with E-state index in [1.165, 1.54) is 11.3 Å². The molecule has 4 nitrogen and oxygen atoms in total. The van der Waals surface area contributed by atoms with E-state index in [-0.39, 0.29) is 6.04 Å². The lowest BCUT2D eigenvalue weighted by Gasteiger charge is -1.98. The lowest BCUT2D eigenvalue weighted by Crippen LogP contribution is -2.03. The maximum absolute atomic E-state index is 5.74. The predicted octanol–water partition coefficient (Wildman–Crippen LogP) is 1.93. The summed E-state index contributed by atoms with van der Waals surface area (Å²) < 4.78 is 0. The first-order valence-electron chi connectivity index (χ1n) is 4.69. The van der Waals surface area contributed by atoms with Gasteiger partial charge in [0.05, 0.1) is 6.04 Å². The Balaban J connectivity index is 2.42. The molecule has 0 amide bonds. The number of nitrogens with zero attached hydrogens (tertiary/aromatic N) is 3. The Kier molecular flexibility index (Phi) is 2.75. The van der Waals surface area contributed by atoms with Gasteiger partial charge in [-0.1, -0.05) is 11.3 Å². The molecule has 0 saturated carbocycles. The zero-order valence-corrected chi connectivity index (χ0v) is 9.45. The first kappa shape index (κ1) is 10.2. The van der Waals surface area contributed by atoms with Crippen molar-refractivity contribution in [1.29, 1.82) is 0 Å². The summed E-state index contributed by atoms with van der Waals surface area (Å²) in [7, 11) is 0. The minimum absolute atomic E-state index is 0.0618. The van der Waals surface area contributed by atoms with E-state index >= 15 is 0 Å². The van der Waals surface area contributed by atoms with Crippen LogP contribution in [-0.2, 0) is 0 Å². The number of rotatable bonds is 2. The number of nitrogens with two attached hydrogens (primary N) is 1. The number of aryl methyl sites for hydroxylation is 1. The highest BCUT2D eigenvalue weighted by molar-refractivity contribution is 7.14. The van der Waals surface area contributed by atoms with E-state index in [2.05, 4.69) is 15.2 Å². The third-order valence-corrected chi connectivity index (χ3v) is 3.22. The molecule has 0 saturated heterocycles. The molecular weight excluding hydrogens is 208 g/mol. The molecule has 78 valence electrons. The van der Waals surface area contributed by atoms with Crippen LogP contribution in [0.25, 0.3) is 10.6 Å². The van der Waals surface area contributed by atoms with E-state index in [0.29, 0.717) is 0 Å². The van der Waals surface area contributed by atoms with Gasteiger partial charge < -0.3 is 5.73 Å². The molecule has 2 N–H and O–H groups in total. The second-order valence-electron chi connectivity index (χ2n) is 3.37. The molecule has 1 unspecified atom stereocenters. The number of aromatic nitrogens is 3. The zero-order valence-electron chi connectivity index (χ0n) is 8.64. The molecule has 1 atom stereocenters. The number of hydrogen-bond donors (Lipinski definition) is 1. The molecule has 2 aromatic heterocycles. The highest BCUT2D eigenvalue weighted by atomic mass is 32.1. The third kappa shape index (κ3) is 2.03. The smallest absolute Gasteiger partial charge is 0.149 e. The molecule has 0 aliphatic heterocycles. The van der Waals surface area contributed by atoms with Crippen LogP contribution in [0.5, 0.6) is 0 Å². The van der Waals surface area contributed by atoms with Gasteiger partial charge in [-0.2, -0.15) is 0 Å². The van der Waals surface area contributed by atoms with Crippen LogP contribution < -0.4 is 5.73 Å². The quantitative estimate of drug-likeness (QED) is 0.839.